The Morgan fingerprint density at radius 2 is 1.29 bits per heavy atom. The number of carbonyl (C=O) groups is 1. The summed E-state index contributed by atoms with van der Waals surface area (Å²) in [5, 5.41) is 3.92. The second-order valence-electron chi connectivity index (χ2n) is 9.48. The first-order chi connectivity index (χ1) is 17.1. The van der Waals surface area contributed by atoms with Crippen LogP contribution < -0.4 is 10.4 Å². The molecule has 2 nitrogen and oxygen atoms in total. The molecule has 1 unspecified atom stereocenters. The molecule has 1 aromatic heterocycles. The van der Waals surface area contributed by atoms with Crippen LogP contribution in [0.2, 0.25) is 12.6 Å². The monoisotopic (exact) mass is 474 g/mol. The summed E-state index contributed by atoms with van der Waals surface area (Å²) in [6.07, 6.45) is 1.26. The number of ketones is 1. The summed E-state index contributed by atoms with van der Waals surface area (Å²) in [5.41, 5.74) is 1.69. The van der Waals surface area contributed by atoms with Gasteiger partial charge < -0.3 is 4.42 Å². The Morgan fingerprint density at radius 3 is 1.89 bits per heavy atom. The third kappa shape index (κ3) is 5.06. The molecule has 0 aliphatic carbocycles. The normalized spacial score (nSPS) is 12.5. The number of para-hydroxylation sites is 1. The molecule has 4 aromatic carbocycles. The van der Waals surface area contributed by atoms with Crippen molar-refractivity contribution < 1.29 is 9.21 Å². The molecule has 0 saturated heterocycles. The quantitative estimate of drug-likeness (QED) is 0.169. The van der Waals surface area contributed by atoms with E-state index in [1.165, 1.54) is 10.4 Å². The molecule has 0 aliphatic rings. The first-order valence-corrected chi connectivity index (χ1v) is 15.0. The lowest BCUT2D eigenvalue weighted by molar-refractivity contribution is 0.0977. The largest absolute Gasteiger partial charge is 0.461 e. The van der Waals surface area contributed by atoms with Gasteiger partial charge in [-0.1, -0.05) is 126 Å². The van der Waals surface area contributed by atoms with Crippen LogP contribution in [-0.4, -0.2) is 13.9 Å². The molecule has 5 rings (SSSR count). The predicted octanol–water partition coefficient (Wildman–Crippen LogP) is 7.07. The second kappa shape index (κ2) is 10.3. The summed E-state index contributed by atoms with van der Waals surface area (Å²) in [4.78, 5) is 13.0. The minimum atomic E-state index is -2.12. The Morgan fingerprint density at radius 1 is 0.743 bits per heavy atom. The van der Waals surface area contributed by atoms with Crippen LogP contribution in [0.4, 0.5) is 0 Å². The van der Waals surface area contributed by atoms with E-state index in [0.717, 1.165) is 34.8 Å². The highest BCUT2D eigenvalue weighted by Gasteiger charge is 2.36. The molecule has 3 heteroatoms. The summed E-state index contributed by atoms with van der Waals surface area (Å²) in [5.74, 6) is 1.32. The van der Waals surface area contributed by atoms with E-state index < -0.39 is 8.07 Å². The van der Waals surface area contributed by atoms with E-state index >= 15 is 0 Å². The number of hydrogen-bond donors (Lipinski definition) is 0. The Balaban J connectivity index is 1.52. The van der Waals surface area contributed by atoms with Gasteiger partial charge >= 0.3 is 0 Å². The van der Waals surface area contributed by atoms with Crippen LogP contribution in [-0.2, 0) is 0 Å². The maximum Gasteiger partial charge on any atom is 0.162 e. The van der Waals surface area contributed by atoms with E-state index in [9.17, 15) is 4.79 Å². The van der Waals surface area contributed by atoms with Crippen molar-refractivity contribution in [1.82, 2.24) is 0 Å². The van der Waals surface area contributed by atoms with Gasteiger partial charge in [0.15, 0.2) is 5.78 Å². The Kier molecular flexibility index (Phi) is 6.78. The first kappa shape index (κ1) is 23.1. The van der Waals surface area contributed by atoms with Gasteiger partial charge in [-0.25, -0.2) is 0 Å². The maximum atomic E-state index is 13.0. The molecule has 174 valence electrons. The lowest BCUT2D eigenvalue weighted by atomic mass is 9.98. The minimum absolute atomic E-state index is 0.146. The van der Waals surface area contributed by atoms with Crippen molar-refractivity contribution in [2.24, 2.45) is 0 Å². The molecule has 1 atom stereocenters. The van der Waals surface area contributed by atoms with Crippen molar-refractivity contribution >= 4 is 35.2 Å². The molecule has 0 saturated carbocycles. The van der Waals surface area contributed by atoms with Gasteiger partial charge in [0.25, 0.3) is 0 Å². The zero-order chi connectivity index (χ0) is 24.1. The van der Waals surface area contributed by atoms with Gasteiger partial charge in [-0.15, -0.1) is 0 Å². The number of furan rings is 1. The zero-order valence-electron chi connectivity index (χ0n) is 20.1. The minimum Gasteiger partial charge on any atom is -0.461 e. The standard InChI is InChI=1S/C32H30O2Si/c1-35(28-16-7-3-8-17-28,29-18-9-4-10-19-29)24-27(21-22-30(33)25-13-5-2-6-14-25)32-23-26-15-11-12-20-31(26)34-32/h2-20,23,27H,21-22,24H2,1H3. The number of carbonyl (C=O) groups excluding carboxylic acids is 1. The molecule has 0 fully saturated rings. The summed E-state index contributed by atoms with van der Waals surface area (Å²) in [6, 6.07) is 42.7. The van der Waals surface area contributed by atoms with Gasteiger partial charge in [0.1, 0.15) is 19.4 Å². The third-order valence-electron chi connectivity index (χ3n) is 7.14. The SMILES string of the molecule is C[Si](CC(CCC(=O)c1ccccc1)c1cc2ccccc2o1)(c1ccccc1)c1ccccc1. The molecule has 0 bridgehead atoms. The Labute approximate surface area is 208 Å². The number of hydrogen-bond acceptors (Lipinski definition) is 2. The smallest absolute Gasteiger partial charge is 0.162 e. The van der Waals surface area contributed by atoms with Crippen LogP contribution in [0.5, 0.6) is 0 Å². The van der Waals surface area contributed by atoms with Crippen molar-refractivity contribution in [3.05, 3.63) is 133 Å². The lowest BCUT2D eigenvalue weighted by Gasteiger charge is -2.32. The van der Waals surface area contributed by atoms with Crippen LogP contribution in [0.15, 0.2) is 126 Å². The van der Waals surface area contributed by atoms with E-state index in [4.69, 9.17) is 4.42 Å². The van der Waals surface area contributed by atoms with Gasteiger partial charge in [-0.2, -0.15) is 0 Å². The average molecular weight is 475 g/mol. The van der Waals surface area contributed by atoms with E-state index in [0.29, 0.717) is 6.42 Å². The maximum absolute atomic E-state index is 13.0. The van der Waals surface area contributed by atoms with Crippen molar-refractivity contribution in [2.75, 3.05) is 0 Å². The molecule has 0 spiro atoms. The van der Waals surface area contributed by atoms with E-state index in [1.54, 1.807) is 0 Å². The number of benzene rings is 4. The van der Waals surface area contributed by atoms with Gasteiger partial charge in [0, 0.05) is 23.3 Å². The summed E-state index contributed by atoms with van der Waals surface area (Å²) >= 11 is 0. The lowest BCUT2D eigenvalue weighted by Crippen LogP contribution is -2.56. The van der Waals surface area contributed by atoms with Crippen LogP contribution >= 0.6 is 0 Å². The molecule has 1 heterocycles. The Bertz CT molecular complexity index is 1320. The third-order valence-corrected chi connectivity index (χ3v) is 11.7. The number of fused-ring (bicyclic) bond motifs is 1. The molecule has 5 aromatic rings. The second-order valence-corrected chi connectivity index (χ2v) is 13.7. The van der Waals surface area contributed by atoms with E-state index in [-0.39, 0.29) is 11.7 Å². The van der Waals surface area contributed by atoms with Crippen LogP contribution in [0, 0.1) is 0 Å². The zero-order valence-corrected chi connectivity index (χ0v) is 21.1. The van der Waals surface area contributed by atoms with Crippen LogP contribution in [0.3, 0.4) is 0 Å². The highest BCUT2D eigenvalue weighted by atomic mass is 28.3. The van der Waals surface area contributed by atoms with Gasteiger partial charge in [0.05, 0.1) is 0 Å². The predicted molar refractivity (Wildman–Crippen MR) is 148 cm³/mol. The van der Waals surface area contributed by atoms with E-state index in [2.05, 4.69) is 79.3 Å². The first-order valence-electron chi connectivity index (χ1n) is 12.3. The van der Waals surface area contributed by atoms with Gasteiger partial charge in [-0.3, -0.25) is 4.79 Å². The highest BCUT2D eigenvalue weighted by molar-refractivity contribution is 7.01. The fraction of sp³-hybridized carbons (Fsp3) is 0.156. The molecular weight excluding hydrogens is 444 g/mol. The Hall–Kier alpha value is -3.69. The fourth-order valence-corrected chi connectivity index (χ4v) is 9.18. The topological polar surface area (TPSA) is 30.2 Å². The summed E-state index contributed by atoms with van der Waals surface area (Å²) in [6.45, 7) is 2.45. The fourth-order valence-electron chi connectivity index (χ4n) is 5.13. The van der Waals surface area contributed by atoms with Crippen molar-refractivity contribution in [3.8, 4) is 0 Å². The summed E-state index contributed by atoms with van der Waals surface area (Å²) in [7, 11) is -2.12. The van der Waals surface area contributed by atoms with Crippen LogP contribution in [0.25, 0.3) is 11.0 Å². The summed E-state index contributed by atoms with van der Waals surface area (Å²) < 4.78 is 6.40. The number of rotatable bonds is 9. The molecule has 35 heavy (non-hydrogen) atoms. The van der Waals surface area contributed by atoms with Crippen LogP contribution in [0.1, 0.15) is 34.9 Å². The molecule has 0 radical (unpaired) electrons. The van der Waals surface area contributed by atoms with Gasteiger partial charge in [-0.05, 0) is 24.6 Å². The number of Topliss-reactive ketones (excluding diaryl/α,β-unsaturated/α-hetero) is 1. The average Bonchev–Trinajstić information content (AvgIpc) is 3.36. The van der Waals surface area contributed by atoms with E-state index in [1.807, 2.05) is 48.5 Å². The van der Waals surface area contributed by atoms with Crippen molar-refractivity contribution in [3.63, 3.8) is 0 Å². The van der Waals surface area contributed by atoms with Gasteiger partial charge in [0.2, 0.25) is 0 Å². The molecule has 0 aliphatic heterocycles. The highest BCUT2D eigenvalue weighted by Crippen LogP contribution is 2.35. The molecule has 0 N–H and O–H groups in total. The molecular formula is C32H30O2Si. The van der Waals surface area contributed by atoms with Crippen molar-refractivity contribution in [2.45, 2.75) is 31.4 Å². The van der Waals surface area contributed by atoms with Crippen molar-refractivity contribution in [1.29, 1.82) is 0 Å². The molecule has 0 amide bonds.